The van der Waals surface area contributed by atoms with Crippen molar-refractivity contribution in [3.8, 4) is 11.5 Å². The van der Waals surface area contributed by atoms with E-state index in [2.05, 4.69) is 15.6 Å². The average molecular weight is 569 g/mol. The molecule has 0 atom stereocenters. The Morgan fingerprint density at radius 2 is 1.40 bits per heavy atom. The maximum absolute atomic E-state index is 14.2. The second kappa shape index (κ2) is 12.8. The molecule has 0 aliphatic heterocycles. The Balaban J connectivity index is 1.28. The number of carbonyl (C=O) groups is 3. The van der Waals surface area contributed by atoms with Crippen LogP contribution in [0, 0.1) is 11.6 Å². The van der Waals surface area contributed by atoms with E-state index in [1.165, 1.54) is 36.4 Å². The number of carbonyl (C=O) groups excluding carboxylic acids is 3. The molecule has 0 aliphatic rings. The number of aromatic nitrogens is 1. The van der Waals surface area contributed by atoms with E-state index < -0.39 is 42.4 Å². The molecule has 8 nitrogen and oxygen atoms in total. The number of aromatic amines is 1. The fraction of sp³-hybridized carbons (Fsp3) is 0.0938. The van der Waals surface area contributed by atoms with Crippen LogP contribution in [0.4, 0.5) is 14.5 Å². The van der Waals surface area contributed by atoms with Gasteiger partial charge < -0.3 is 25.3 Å². The molecule has 0 fully saturated rings. The van der Waals surface area contributed by atoms with Crippen LogP contribution in [0.3, 0.4) is 0 Å². The van der Waals surface area contributed by atoms with Crippen molar-refractivity contribution >= 4 is 34.3 Å². The van der Waals surface area contributed by atoms with Crippen molar-refractivity contribution in [2.45, 2.75) is 6.54 Å². The Hall–Kier alpha value is -5.51. The first-order valence-electron chi connectivity index (χ1n) is 13.0. The van der Waals surface area contributed by atoms with Gasteiger partial charge in [-0.25, -0.2) is 8.78 Å². The van der Waals surface area contributed by atoms with E-state index in [-0.39, 0.29) is 23.3 Å². The predicted octanol–water partition coefficient (Wildman–Crippen LogP) is 5.64. The van der Waals surface area contributed by atoms with Gasteiger partial charge in [0.05, 0.1) is 5.52 Å². The van der Waals surface area contributed by atoms with E-state index in [9.17, 15) is 23.2 Å². The van der Waals surface area contributed by atoms with Crippen molar-refractivity contribution in [3.05, 3.63) is 126 Å². The van der Waals surface area contributed by atoms with Gasteiger partial charge in [0, 0.05) is 23.2 Å². The van der Waals surface area contributed by atoms with E-state index in [0.717, 1.165) is 4.90 Å². The first-order chi connectivity index (χ1) is 20.4. The highest BCUT2D eigenvalue weighted by molar-refractivity contribution is 6.02. The summed E-state index contributed by atoms with van der Waals surface area (Å²) in [6.45, 7) is -1.08. The zero-order valence-corrected chi connectivity index (χ0v) is 22.3. The second-order valence-corrected chi connectivity index (χ2v) is 9.40. The van der Waals surface area contributed by atoms with E-state index in [0.29, 0.717) is 22.6 Å². The predicted molar refractivity (Wildman–Crippen MR) is 154 cm³/mol. The smallest absolute Gasteiger partial charge is 0.271 e. The van der Waals surface area contributed by atoms with Crippen molar-refractivity contribution in [2.75, 3.05) is 18.4 Å². The maximum atomic E-state index is 14.2. The summed E-state index contributed by atoms with van der Waals surface area (Å²) in [6, 6.07) is 27.7. The monoisotopic (exact) mass is 568 g/mol. The second-order valence-electron chi connectivity index (χ2n) is 9.40. The molecule has 5 aromatic rings. The van der Waals surface area contributed by atoms with Crippen molar-refractivity contribution in [3.63, 3.8) is 0 Å². The van der Waals surface area contributed by atoms with Crippen LogP contribution in [0.15, 0.2) is 103 Å². The van der Waals surface area contributed by atoms with Gasteiger partial charge in [-0.05, 0) is 54.6 Å². The summed E-state index contributed by atoms with van der Waals surface area (Å²) < 4.78 is 34.0. The Bertz CT molecular complexity index is 1720. The number of hydrogen-bond acceptors (Lipinski definition) is 4. The number of nitrogens with one attached hydrogen (secondary N) is 3. The van der Waals surface area contributed by atoms with Crippen molar-refractivity contribution in [2.24, 2.45) is 0 Å². The number of hydrogen-bond donors (Lipinski definition) is 3. The summed E-state index contributed by atoms with van der Waals surface area (Å²) in [5.41, 5.74) is 0.857. The molecule has 0 unspecified atom stereocenters. The van der Waals surface area contributed by atoms with Crippen LogP contribution in [0.1, 0.15) is 16.1 Å². The van der Waals surface area contributed by atoms with Gasteiger partial charge in [0.15, 0.2) is 0 Å². The maximum Gasteiger partial charge on any atom is 0.271 e. The molecule has 4 aromatic carbocycles. The minimum absolute atomic E-state index is 0.00668. The molecule has 1 aromatic heterocycles. The van der Waals surface area contributed by atoms with Gasteiger partial charge in [-0.1, -0.05) is 48.5 Å². The number of halogens is 2. The van der Waals surface area contributed by atoms with Crippen LogP contribution in [-0.2, 0) is 16.1 Å². The molecule has 1 heterocycles. The standard InChI is InChI=1S/C32H26F2N4O4/c33-26-11-5-4-7-22(26)18-35-29(39)19-38(32(41)28-17-21-8-6-12-27(34)31(21)37-28)20-30(40)36-23-13-15-25(16-14-23)42-24-9-2-1-3-10-24/h1-17,37H,18-20H2,(H,35,39)(H,36,40). The fourth-order valence-corrected chi connectivity index (χ4v) is 4.27. The Morgan fingerprint density at radius 3 is 2.14 bits per heavy atom. The zero-order chi connectivity index (χ0) is 29.5. The normalized spacial score (nSPS) is 10.7. The zero-order valence-electron chi connectivity index (χ0n) is 22.3. The SMILES string of the molecule is O=C(CN(CC(=O)Nc1ccc(Oc2ccccc2)cc1)C(=O)c1cc2cccc(F)c2[nH]1)NCc1ccccc1F. The minimum atomic E-state index is -0.687. The third kappa shape index (κ3) is 6.97. The number of para-hydroxylation sites is 2. The van der Waals surface area contributed by atoms with Crippen LogP contribution >= 0.6 is 0 Å². The average Bonchev–Trinajstić information content (AvgIpc) is 3.43. The van der Waals surface area contributed by atoms with Gasteiger partial charge in [0.2, 0.25) is 11.8 Å². The number of ether oxygens (including phenoxy) is 1. The lowest BCUT2D eigenvalue weighted by molar-refractivity contribution is -0.122. The van der Waals surface area contributed by atoms with Crippen LogP contribution in [0.2, 0.25) is 0 Å². The first-order valence-corrected chi connectivity index (χ1v) is 13.0. The number of rotatable bonds is 10. The molecule has 42 heavy (non-hydrogen) atoms. The first kappa shape index (κ1) is 28.0. The molecule has 0 spiro atoms. The molecule has 212 valence electrons. The Labute approximate surface area is 239 Å². The Kier molecular flexibility index (Phi) is 8.53. The van der Waals surface area contributed by atoms with E-state index >= 15 is 0 Å². The quantitative estimate of drug-likeness (QED) is 0.203. The van der Waals surface area contributed by atoms with Crippen LogP contribution in [0.5, 0.6) is 11.5 Å². The summed E-state index contributed by atoms with van der Waals surface area (Å²) in [4.78, 5) is 43.0. The topological polar surface area (TPSA) is 104 Å². The molecule has 0 bridgehead atoms. The molecule has 0 radical (unpaired) electrons. The molecule has 3 amide bonds. The number of fused-ring (bicyclic) bond motifs is 1. The van der Waals surface area contributed by atoms with Crippen LogP contribution in [0.25, 0.3) is 10.9 Å². The minimum Gasteiger partial charge on any atom is -0.457 e. The van der Waals surface area contributed by atoms with Crippen LogP contribution < -0.4 is 15.4 Å². The number of anilines is 1. The van der Waals surface area contributed by atoms with Crippen LogP contribution in [-0.4, -0.2) is 40.7 Å². The van der Waals surface area contributed by atoms with Crippen molar-refractivity contribution in [1.29, 1.82) is 0 Å². The lowest BCUT2D eigenvalue weighted by Gasteiger charge is -2.21. The summed E-state index contributed by atoms with van der Waals surface area (Å²) >= 11 is 0. The van der Waals surface area contributed by atoms with Gasteiger partial charge >= 0.3 is 0 Å². The molecule has 3 N–H and O–H groups in total. The van der Waals surface area contributed by atoms with E-state index in [4.69, 9.17) is 4.74 Å². The highest BCUT2D eigenvalue weighted by atomic mass is 19.1. The van der Waals surface area contributed by atoms with Gasteiger partial charge in [-0.15, -0.1) is 0 Å². The molecule has 0 aliphatic carbocycles. The van der Waals surface area contributed by atoms with Crippen molar-refractivity contribution in [1.82, 2.24) is 15.2 Å². The third-order valence-electron chi connectivity index (χ3n) is 6.34. The Morgan fingerprint density at radius 1 is 0.738 bits per heavy atom. The highest BCUT2D eigenvalue weighted by Crippen LogP contribution is 2.23. The molecular formula is C32H26F2N4O4. The fourth-order valence-electron chi connectivity index (χ4n) is 4.27. The summed E-state index contributed by atoms with van der Waals surface area (Å²) in [6.07, 6.45) is 0. The van der Waals surface area contributed by atoms with E-state index in [1.807, 2.05) is 30.3 Å². The van der Waals surface area contributed by atoms with E-state index in [1.54, 1.807) is 36.4 Å². The highest BCUT2D eigenvalue weighted by Gasteiger charge is 2.24. The number of amides is 3. The number of benzene rings is 4. The summed E-state index contributed by atoms with van der Waals surface area (Å²) in [7, 11) is 0. The molecule has 10 heteroatoms. The largest absolute Gasteiger partial charge is 0.457 e. The summed E-state index contributed by atoms with van der Waals surface area (Å²) in [5, 5.41) is 5.74. The third-order valence-corrected chi connectivity index (χ3v) is 6.34. The number of nitrogens with zero attached hydrogens (tertiary/aromatic N) is 1. The lowest BCUT2D eigenvalue weighted by atomic mass is 10.2. The van der Waals surface area contributed by atoms with Gasteiger partial charge in [0.1, 0.15) is 41.9 Å². The van der Waals surface area contributed by atoms with Gasteiger partial charge in [-0.2, -0.15) is 0 Å². The molecule has 5 rings (SSSR count). The van der Waals surface area contributed by atoms with Gasteiger partial charge in [-0.3, -0.25) is 14.4 Å². The van der Waals surface area contributed by atoms with Crippen molar-refractivity contribution < 1.29 is 27.9 Å². The molecular weight excluding hydrogens is 542 g/mol. The lowest BCUT2D eigenvalue weighted by Crippen LogP contribution is -2.44. The molecule has 0 saturated carbocycles. The summed E-state index contributed by atoms with van der Waals surface area (Å²) in [5.74, 6) is -1.66. The molecule has 0 saturated heterocycles. The van der Waals surface area contributed by atoms with Gasteiger partial charge in [0.25, 0.3) is 5.91 Å². The number of H-pyrrole nitrogens is 1.